The first-order valence-corrected chi connectivity index (χ1v) is 14.5. The molecule has 0 amide bonds. The fraction of sp³-hybridized carbons (Fsp3) is 0.697. The minimum Gasteiger partial charge on any atom is -0.448 e. The molecule has 3 fully saturated rings. The van der Waals surface area contributed by atoms with Crippen LogP contribution in [0.2, 0.25) is 0 Å². The Bertz CT molecular complexity index is 1330. The molecule has 0 bridgehead atoms. The molecule has 8 atom stereocenters. The number of carbonyl (C=O) groups is 2. The zero-order chi connectivity index (χ0) is 27.5. The van der Waals surface area contributed by atoms with E-state index in [1.165, 1.54) is 0 Å². The minimum atomic E-state index is -0.635. The molecule has 1 aromatic heterocycles. The van der Waals surface area contributed by atoms with Crippen molar-refractivity contribution < 1.29 is 14.0 Å². The number of nitrogens with zero attached hydrogens (tertiary/aromatic N) is 2. The van der Waals surface area contributed by atoms with Gasteiger partial charge in [0.05, 0.1) is 11.8 Å². The minimum absolute atomic E-state index is 0.0533. The number of ketones is 2. The van der Waals surface area contributed by atoms with Crippen molar-refractivity contribution in [3.05, 3.63) is 41.6 Å². The van der Waals surface area contributed by atoms with Gasteiger partial charge in [-0.3, -0.25) is 9.59 Å². The fourth-order valence-electron chi connectivity index (χ4n) is 10.4. The summed E-state index contributed by atoms with van der Waals surface area (Å²) in [6.07, 6.45) is 14.4. The van der Waals surface area contributed by atoms with Gasteiger partial charge in [-0.05, 0) is 79.1 Å². The van der Waals surface area contributed by atoms with Gasteiger partial charge in [0.2, 0.25) is 0 Å². The maximum Gasteiger partial charge on any atom is 0.199 e. The van der Waals surface area contributed by atoms with Gasteiger partial charge in [-0.1, -0.05) is 60.1 Å². The van der Waals surface area contributed by atoms with E-state index in [0.29, 0.717) is 0 Å². The molecule has 0 spiro atoms. The number of rotatable bonds is 1. The normalized spacial score (nSPS) is 47.5. The summed E-state index contributed by atoms with van der Waals surface area (Å²) in [7, 11) is 0. The molecule has 1 aromatic rings. The first-order chi connectivity index (χ1) is 17.7. The highest BCUT2D eigenvalue weighted by molar-refractivity contribution is 6.04. The average Bonchev–Trinajstić information content (AvgIpc) is 3.40. The van der Waals surface area contributed by atoms with Crippen molar-refractivity contribution in [3.63, 3.8) is 0 Å². The molecule has 38 heavy (non-hydrogen) atoms. The quantitative estimate of drug-likeness (QED) is 0.397. The van der Waals surface area contributed by atoms with E-state index in [1.54, 1.807) is 12.5 Å². The van der Waals surface area contributed by atoms with E-state index in [1.807, 2.05) is 26.0 Å². The predicted octanol–water partition coefficient (Wildman–Crippen LogP) is 7.15. The highest BCUT2D eigenvalue weighted by Gasteiger charge is 2.69. The van der Waals surface area contributed by atoms with E-state index < -0.39 is 10.8 Å². The number of fused-ring (bicyclic) bond motifs is 7. The Labute approximate surface area is 227 Å². The second kappa shape index (κ2) is 7.58. The van der Waals surface area contributed by atoms with Crippen LogP contribution in [0, 0.1) is 56.2 Å². The van der Waals surface area contributed by atoms with E-state index in [0.717, 1.165) is 56.4 Å². The predicted molar refractivity (Wildman–Crippen MR) is 145 cm³/mol. The van der Waals surface area contributed by atoms with Crippen molar-refractivity contribution in [3.8, 4) is 6.07 Å². The van der Waals surface area contributed by atoms with Crippen molar-refractivity contribution in [2.45, 2.75) is 98.8 Å². The number of nitriles is 1. The van der Waals surface area contributed by atoms with Crippen LogP contribution in [0.5, 0.6) is 0 Å². The Balaban J connectivity index is 1.49. The highest BCUT2D eigenvalue weighted by Crippen LogP contribution is 2.74. The zero-order valence-electron chi connectivity index (χ0n) is 24.1. The van der Waals surface area contributed by atoms with Crippen molar-refractivity contribution in [2.75, 3.05) is 0 Å². The monoisotopic (exact) mass is 514 g/mol. The molecule has 5 aliphatic carbocycles. The number of hydrogen-bond donors (Lipinski definition) is 0. The first kappa shape index (κ1) is 25.8. The molecule has 0 radical (unpaired) electrons. The summed E-state index contributed by atoms with van der Waals surface area (Å²) in [4.78, 5) is 32.2. The van der Waals surface area contributed by atoms with Gasteiger partial charge in [-0.2, -0.15) is 5.26 Å². The highest BCUT2D eigenvalue weighted by atomic mass is 16.3. The molecule has 5 nitrogen and oxygen atoms in total. The lowest BCUT2D eigenvalue weighted by molar-refractivity contribution is -0.166. The largest absolute Gasteiger partial charge is 0.448 e. The molecule has 0 N–H and O–H groups in total. The molecule has 0 saturated heterocycles. The number of allylic oxidation sites excluding steroid dienone is 4. The number of carbonyl (C=O) groups excluding carboxylic acids is 2. The van der Waals surface area contributed by atoms with Gasteiger partial charge >= 0.3 is 0 Å². The molecule has 1 heterocycles. The van der Waals surface area contributed by atoms with E-state index in [9.17, 15) is 14.9 Å². The van der Waals surface area contributed by atoms with Crippen LogP contribution in [0.4, 0.5) is 0 Å². The Morgan fingerprint density at radius 2 is 1.71 bits per heavy atom. The third-order valence-electron chi connectivity index (χ3n) is 13.0. The van der Waals surface area contributed by atoms with E-state index >= 15 is 0 Å². The lowest BCUT2D eigenvalue weighted by atomic mass is 9.34. The standard InChI is InChI=1S/C33H42N2O3/c1-28(2)23-8-9-32(6)24(31(23,5)17-20(19-34)26(28)37)16-22(36)25-21-18-30(4,27-35-14-15-38-27)11-10-29(21,3)12-13-33(25,32)7/h14-17,21,23,25H,8-13,18H2,1-7H3/t21-,23?,25-,29+,30-,31-,32+,33+/m0/s1. The molecule has 5 aliphatic rings. The molecular formula is C33H42N2O3. The lowest BCUT2D eigenvalue weighted by Crippen LogP contribution is -2.64. The summed E-state index contributed by atoms with van der Waals surface area (Å²) in [6.45, 7) is 15.6. The number of hydrogen-bond acceptors (Lipinski definition) is 5. The molecule has 0 aromatic carbocycles. The first-order valence-electron chi connectivity index (χ1n) is 14.5. The Kier molecular flexibility index (Phi) is 5.14. The second-order valence-corrected chi connectivity index (χ2v) is 15.1. The smallest absolute Gasteiger partial charge is 0.199 e. The summed E-state index contributed by atoms with van der Waals surface area (Å²) in [5.41, 5.74) is -0.114. The van der Waals surface area contributed by atoms with Gasteiger partial charge in [0, 0.05) is 22.2 Å². The van der Waals surface area contributed by atoms with Crippen LogP contribution >= 0.6 is 0 Å². The van der Waals surface area contributed by atoms with Crippen molar-refractivity contribution in [1.82, 2.24) is 4.98 Å². The summed E-state index contributed by atoms with van der Waals surface area (Å²) in [5, 5.41) is 9.90. The summed E-state index contributed by atoms with van der Waals surface area (Å²) >= 11 is 0. The van der Waals surface area contributed by atoms with Crippen LogP contribution in [-0.2, 0) is 15.0 Å². The van der Waals surface area contributed by atoms with E-state index in [-0.39, 0.29) is 56.6 Å². The maximum absolute atomic E-state index is 14.5. The fourth-order valence-corrected chi connectivity index (χ4v) is 10.4. The maximum atomic E-state index is 14.5. The van der Waals surface area contributed by atoms with Crippen LogP contribution in [0.15, 0.2) is 40.2 Å². The van der Waals surface area contributed by atoms with Crippen LogP contribution in [0.25, 0.3) is 0 Å². The lowest BCUT2D eigenvalue weighted by Gasteiger charge is -2.69. The molecule has 0 aliphatic heterocycles. The molecule has 5 heteroatoms. The Morgan fingerprint density at radius 3 is 2.37 bits per heavy atom. The van der Waals surface area contributed by atoms with Crippen LogP contribution in [-0.4, -0.2) is 16.6 Å². The summed E-state index contributed by atoms with van der Waals surface area (Å²) in [5.74, 6) is 1.27. The third kappa shape index (κ3) is 2.96. The van der Waals surface area contributed by atoms with Crippen LogP contribution in [0.1, 0.15) is 99.3 Å². The molecule has 3 saturated carbocycles. The summed E-state index contributed by atoms with van der Waals surface area (Å²) < 4.78 is 5.84. The van der Waals surface area contributed by atoms with E-state index in [2.05, 4.69) is 45.7 Å². The van der Waals surface area contributed by atoms with E-state index in [4.69, 9.17) is 4.42 Å². The molecule has 1 unspecified atom stereocenters. The van der Waals surface area contributed by atoms with Gasteiger partial charge in [0.1, 0.15) is 12.3 Å². The number of Topliss-reactive ketones (excluding diaryl/α,β-unsaturated/α-hetero) is 1. The molecular weight excluding hydrogens is 472 g/mol. The van der Waals surface area contributed by atoms with Crippen molar-refractivity contribution >= 4 is 11.6 Å². The van der Waals surface area contributed by atoms with Gasteiger partial charge in [0.15, 0.2) is 17.5 Å². The molecule has 6 rings (SSSR count). The van der Waals surface area contributed by atoms with Gasteiger partial charge in [-0.25, -0.2) is 4.98 Å². The Morgan fingerprint density at radius 1 is 1.00 bits per heavy atom. The van der Waals surface area contributed by atoms with Gasteiger partial charge < -0.3 is 4.42 Å². The zero-order valence-corrected chi connectivity index (χ0v) is 24.1. The number of oxazole rings is 1. The van der Waals surface area contributed by atoms with Gasteiger partial charge in [0.25, 0.3) is 0 Å². The number of aromatic nitrogens is 1. The molecule has 202 valence electrons. The average molecular weight is 515 g/mol. The van der Waals surface area contributed by atoms with Crippen LogP contribution in [0.3, 0.4) is 0 Å². The third-order valence-corrected chi connectivity index (χ3v) is 13.0. The SMILES string of the molecule is CC1(C)C(=O)C(C#N)=C[C@]2(C)C3=CC(=O)[C@@H]4[C@@H]5C[C@@](C)(c6ncco6)CC[C@]5(C)CC[C@@]4(C)[C@]3(C)CCC12. The van der Waals surface area contributed by atoms with Crippen LogP contribution < -0.4 is 0 Å². The Hall–Kier alpha value is -2.48. The topological polar surface area (TPSA) is 84.0 Å². The van der Waals surface area contributed by atoms with Crippen molar-refractivity contribution in [1.29, 1.82) is 5.26 Å². The van der Waals surface area contributed by atoms with Gasteiger partial charge in [-0.15, -0.1) is 0 Å². The van der Waals surface area contributed by atoms with Crippen molar-refractivity contribution in [2.24, 2.45) is 44.8 Å². The summed E-state index contributed by atoms with van der Waals surface area (Å²) in [6, 6.07) is 2.20. The second-order valence-electron chi connectivity index (χ2n) is 15.1.